The summed E-state index contributed by atoms with van der Waals surface area (Å²) < 4.78 is 5.40. The van der Waals surface area contributed by atoms with Crippen molar-refractivity contribution in [3.05, 3.63) is 0 Å². The van der Waals surface area contributed by atoms with Gasteiger partial charge in [0.25, 0.3) is 0 Å². The van der Waals surface area contributed by atoms with Gasteiger partial charge in [0.15, 0.2) is 0 Å². The molecule has 116 valence electrons. The van der Waals surface area contributed by atoms with Gasteiger partial charge in [0, 0.05) is 25.7 Å². The highest BCUT2D eigenvalue weighted by Gasteiger charge is 2.31. The Morgan fingerprint density at radius 1 is 1.19 bits per heavy atom. The van der Waals surface area contributed by atoms with Crippen LogP contribution in [0.15, 0.2) is 0 Å². The van der Waals surface area contributed by atoms with Crippen LogP contribution in [0.1, 0.15) is 32.6 Å². The minimum absolute atomic E-state index is 0.373. The summed E-state index contributed by atoms with van der Waals surface area (Å²) in [5.74, 6) is 1.14. The molecule has 0 amide bonds. The molecule has 0 aliphatic carbocycles. The van der Waals surface area contributed by atoms with Crippen molar-refractivity contribution in [2.24, 2.45) is 0 Å². The molecule has 2 atom stereocenters. The second kappa shape index (κ2) is 6.43. The SMILES string of the molecule is CCOc1nc(NC)nc(NC2CCN3CCCC3C2)n1. The lowest BCUT2D eigenvalue weighted by Gasteiger charge is -2.35. The fourth-order valence-corrected chi connectivity index (χ4v) is 3.26. The lowest BCUT2D eigenvalue weighted by atomic mass is 9.98. The fourth-order valence-electron chi connectivity index (χ4n) is 3.26. The second-order valence-electron chi connectivity index (χ2n) is 5.65. The smallest absolute Gasteiger partial charge is 0.323 e. The number of fused-ring (bicyclic) bond motifs is 1. The summed E-state index contributed by atoms with van der Waals surface area (Å²) in [6, 6.07) is 1.54. The first-order chi connectivity index (χ1) is 10.3. The number of aromatic nitrogens is 3. The minimum atomic E-state index is 0.373. The average molecular weight is 292 g/mol. The van der Waals surface area contributed by atoms with Gasteiger partial charge in [0.1, 0.15) is 0 Å². The summed E-state index contributed by atoms with van der Waals surface area (Å²) in [4.78, 5) is 15.5. The lowest BCUT2D eigenvalue weighted by molar-refractivity contribution is 0.187. The van der Waals surface area contributed by atoms with Gasteiger partial charge in [-0.2, -0.15) is 15.0 Å². The Bertz CT molecular complexity index is 483. The van der Waals surface area contributed by atoms with Crippen molar-refractivity contribution < 1.29 is 4.74 Å². The molecule has 2 saturated heterocycles. The molecule has 2 N–H and O–H groups in total. The van der Waals surface area contributed by atoms with Gasteiger partial charge in [-0.25, -0.2) is 0 Å². The third-order valence-electron chi connectivity index (χ3n) is 4.27. The zero-order valence-electron chi connectivity index (χ0n) is 12.8. The van der Waals surface area contributed by atoms with Crippen molar-refractivity contribution in [1.29, 1.82) is 0 Å². The van der Waals surface area contributed by atoms with E-state index in [0.29, 0.717) is 30.6 Å². The molecule has 7 heteroatoms. The van der Waals surface area contributed by atoms with E-state index in [1.807, 2.05) is 6.92 Å². The molecule has 21 heavy (non-hydrogen) atoms. The van der Waals surface area contributed by atoms with Gasteiger partial charge >= 0.3 is 6.01 Å². The van der Waals surface area contributed by atoms with E-state index in [1.165, 1.54) is 32.4 Å². The van der Waals surface area contributed by atoms with Crippen LogP contribution in [0.4, 0.5) is 11.9 Å². The summed E-state index contributed by atoms with van der Waals surface area (Å²) in [5.41, 5.74) is 0. The van der Waals surface area contributed by atoms with Gasteiger partial charge in [-0.1, -0.05) is 0 Å². The number of nitrogens with one attached hydrogen (secondary N) is 2. The Morgan fingerprint density at radius 3 is 2.86 bits per heavy atom. The molecule has 2 aliphatic heterocycles. The molecule has 2 aliphatic rings. The van der Waals surface area contributed by atoms with Crippen LogP contribution >= 0.6 is 0 Å². The van der Waals surface area contributed by atoms with Gasteiger partial charge in [-0.15, -0.1) is 0 Å². The van der Waals surface area contributed by atoms with E-state index in [2.05, 4.69) is 30.5 Å². The summed E-state index contributed by atoms with van der Waals surface area (Å²) in [6.07, 6.45) is 4.97. The lowest BCUT2D eigenvalue weighted by Crippen LogP contribution is -2.43. The highest BCUT2D eigenvalue weighted by Crippen LogP contribution is 2.28. The maximum Gasteiger partial charge on any atom is 0.323 e. The number of hydrogen-bond donors (Lipinski definition) is 2. The summed E-state index contributed by atoms with van der Waals surface area (Å²) >= 11 is 0. The molecule has 3 rings (SSSR count). The van der Waals surface area contributed by atoms with Gasteiger partial charge in [-0.3, -0.25) is 0 Å². The number of nitrogens with zero attached hydrogens (tertiary/aromatic N) is 4. The van der Waals surface area contributed by atoms with Crippen LogP contribution in [-0.2, 0) is 0 Å². The molecular weight excluding hydrogens is 268 g/mol. The molecule has 2 unspecified atom stereocenters. The molecule has 7 nitrogen and oxygen atoms in total. The van der Waals surface area contributed by atoms with Gasteiger partial charge in [-0.05, 0) is 39.2 Å². The van der Waals surface area contributed by atoms with Crippen molar-refractivity contribution in [3.8, 4) is 6.01 Å². The molecule has 3 heterocycles. The molecule has 1 aromatic rings. The Hall–Kier alpha value is -1.63. The van der Waals surface area contributed by atoms with Crippen LogP contribution < -0.4 is 15.4 Å². The third-order valence-corrected chi connectivity index (χ3v) is 4.27. The van der Waals surface area contributed by atoms with Crippen molar-refractivity contribution in [3.63, 3.8) is 0 Å². The third kappa shape index (κ3) is 3.34. The van der Waals surface area contributed by atoms with Crippen LogP contribution in [0.25, 0.3) is 0 Å². The predicted octanol–water partition coefficient (Wildman–Crippen LogP) is 1.35. The number of rotatable bonds is 5. The first-order valence-corrected chi connectivity index (χ1v) is 7.85. The largest absolute Gasteiger partial charge is 0.464 e. The van der Waals surface area contributed by atoms with Gasteiger partial charge < -0.3 is 20.3 Å². The average Bonchev–Trinajstić information content (AvgIpc) is 2.95. The summed E-state index contributed by atoms with van der Waals surface area (Å²) in [6.45, 7) is 4.91. The van der Waals surface area contributed by atoms with Crippen molar-refractivity contribution in [2.45, 2.75) is 44.7 Å². The maximum atomic E-state index is 5.40. The van der Waals surface area contributed by atoms with Crippen LogP contribution in [-0.4, -0.2) is 58.7 Å². The first kappa shape index (κ1) is 14.3. The van der Waals surface area contributed by atoms with Crippen LogP contribution in [0.5, 0.6) is 6.01 Å². The molecule has 0 bridgehead atoms. The number of ether oxygens (including phenoxy) is 1. The monoisotopic (exact) mass is 292 g/mol. The van der Waals surface area contributed by atoms with E-state index in [4.69, 9.17) is 4.74 Å². The summed E-state index contributed by atoms with van der Waals surface area (Å²) in [7, 11) is 1.80. The number of piperidine rings is 1. The standard InChI is InChI=1S/C14H24N6O/c1-3-21-14-18-12(15-2)17-13(19-14)16-10-6-8-20-7-4-5-11(20)9-10/h10-11H,3-9H2,1-2H3,(H2,15,16,17,18,19). The molecule has 2 fully saturated rings. The molecule has 1 aromatic heterocycles. The van der Waals surface area contributed by atoms with Crippen LogP contribution in [0.3, 0.4) is 0 Å². The molecule has 0 radical (unpaired) electrons. The van der Waals surface area contributed by atoms with E-state index < -0.39 is 0 Å². The second-order valence-corrected chi connectivity index (χ2v) is 5.65. The summed E-state index contributed by atoms with van der Waals surface area (Å²) in [5, 5.41) is 6.41. The zero-order valence-corrected chi connectivity index (χ0v) is 12.8. The fraction of sp³-hybridized carbons (Fsp3) is 0.786. The van der Waals surface area contributed by atoms with E-state index in [0.717, 1.165) is 12.5 Å². The number of anilines is 2. The van der Waals surface area contributed by atoms with Gasteiger partial charge in [0.05, 0.1) is 6.61 Å². The van der Waals surface area contributed by atoms with Crippen LogP contribution in [0, 0.1) is 0 Å². The first-order valence-electron chi connectivity index (χ1n) is 7.85. The molecule has 0 spiro atoms. The van der Waals surface area contributed by atoms with Gasteiger partial charge in [0.2, 0.25) is 11.9 Å². The Labute approximate surface area is 125 Å². The highest BCUT2D eigenvalue weighted by atomic mass is 16.5. The molecule has 0 aromatic carbocycles. The molecule has 0 saturated carbocycles. The van der Waals surface area contributed by atoms with E-state index >= 15 is 0 Å². The van der Waals surface area contributed by atoms with E-state index in [1.54, 1.807) is 7.05 Å². The van der Waals surface area contributed by atoms with Crippen LogP contribution in [0.2, 0.25) is 0 Å². The Morgan fingerprint density at radius 2 is 2.05 bits per heavy atom. The topological polar surface area (TPSA) is 75.2 Å². The molecular formula is C14H24N6O. The number of hydrogen-bond acceptors (Lipinski definition) is 7. The van der Waals surface area contributed by atoms with Crippen molar-refractivity contribution in [1.82, 2.24) is 19.9 Å². The highest BCUT2D eigenvalue weighted by molar-refractivity contribution is 5.36. The maximum absolute atomic E-state index is 5.40. The van der Waals surface area contributed by atoms with Crippen molar-refractivity contribution >= 4 is 11.9 Å². The zero-order chi connectivity index (χ0) is 14.7. The van der Waals surface area contributed by atoms with Crippen molar-refractivity contribution in [2.75, 3.05) is 37.4 Å². The minimum Gasteiger partial charge on any atom is -0.464 e. The predicted molar refractivity (Wildman–Crippen MR) is 81.8 cm³/mol. The quantitative estimate of drug-likeness (QED) is 0.848. The van der Waals surface area contributed by atoms with E-state index in [-0.39, 0.29) is 0 Å². The normalized spacial score (nSPS) is 25.4. The Balaban J connectivity index is 1.67. The van der Waals surface area contributed by atoms with E-state index in [9.17, 15) is 0 Å². The Kier molecular flexibility index (Phi) is 4.38.